The molecule has 0 radical (unpaired) electrons. The van der Waals surface area contributed by atoms with Crippen LogP contribution in [0.2, 0.25) is 0 Å². The zero-order valence-electron chi connectivity index (χ0n) is 6.97. The molecule has 0 aliphatic carbocycles. The van der Waals surface area contributed by atoms with E-state index in [1.807, 2.05) is 0 Å². The van der Waals surface area contributed by atoms with E-state index in [9.17, 15) is 4.79 Å². The average molecular weight is 159 g/mol. The Balaban J connectivity index is 2.73. The molecular formula is C7H13NO3. The minimum absolute atomic E-state index is 0.218. The summed E-state index contributed by atoms with van der Waals surface area (Å²) in [7, 11) is 0. The molecule has 0 bridgehead atoms. The van der Waals surface area contributed by atoms with Crippen molar-refractivity contribution in [1.29, 1.82) is 0 Å². The van der Waals surface area contributed by atoms with Crippen LogP contribution in [0.3, 0.4) is 0 Å². The van der Waals surface area contributed by atoms with E-state index in [0.29, 0.717) is 0 Å². The van der Waals surface area contributed by atoms with Crippen LogP contribution in [-0.4, -0.2) is 28.9 Å². The number of aliphatic carboxylic acids is 1. The van der Waals surface area contributed by atoms with Crippen molar-refractivity contribution >= 4 is 5.97 Å². The summed E-state index contributed by atoms with van der Waals surface area (Å²) in [5.74, 6) is -0.872. The Morgan fingerprint density at radius 1 is 1.55 bits per heavy atom. The smallest absolute Gasteiger partial charge is 0.326 e. The molecule has 1 heterocycles. The van der Waals surface area contributed by atoms with Gasteiger partial charge in [-0.05, 0) is 20.8 Å². The molecule has 1 fully saturated rings. The lowest BCUT2D eigenvalue weighted by Gasteiger charge is -2.21. The van der Waals surface area contributed by atoms with Crippen LogP contribution >= 0.6 is 0 Å². The molecule has 4 heteroatoms. The fourth-order valence-corrected chi connectivity index (χ4v) is 1.18. The van der Waals surface area contributed by atoms with E-state index in [1.165, 1.54) is 0 Å². The predicted octanol–water partition coefficient (Wildman–Crippen LogP) is 0.186. The number of carboxylic acid groups (broad SMARTS) is 1. The van der Waals surface area contributed by atoms with Gasteiger partial charge in [0.25, 0.3) is 0 Å². The third-order valence-corrected chi connectivity index (χ3v) is 1.77. The SMILES string of the molecule is CC1(C)NC(C)(C(=O)O)CO1. The molecule has 0 amide bonds. The standard InChI is InChI=1S/C7H13NO3/c1-6(2)8-7(3,4-11-6)5(9)10/h8H,4H2,1-3H3,(H,9,10). The lowest BCUT2D eigenvalue weighted by atomic mass is 10.1. The molecule has 2 N–H and O–H groups in total. The number of hydrogen-bond donors (Lipinski definition) is 2. The Hall–Kier alpha value is -0.610. The summed E-state index contributed by atoms with van der Waals surface area (Å²) in [4.78, 5) is 10.7. The second kappa shape index (κ2) is 2.19. The summed E-state index contributed by atoms with van der Waals surface area (Å²) in [5.41, 5.74) is -1.45. The highest BCUT2D eigenvalue weighted by molar-refractivity contribution is 5.78. The van der Waals surface area contributed by atoms with Gasteiger partial charge in [-0.3, -0.25) is 10.1 Å². The van der Waals surface area contributed by atoms with E-state index in [1.54, 1.807) is 20.8 Å². The minimum atomic E-state index is -0.927. The third-order valence-electron chi connectivity index (χ3n) is 1.77. The van der Waals surface area contributed by atoms with Crippen LogP contribution in [-0.2, 0) is 9.53 Å². The summed E-state index contributed by atoms with van der Waals surface area (Å²) in [6.07, 6.45) is 0. The van der Waals surface area contributed by atoms with Gasteiger partial charge in [-0.2, -0.15) is 0 Å². The molecule has 0 aromatic rings. The van der Waals surface area contributed by atoms with Gasteiger partial charge in [0.2, 0.25) is 0 Å². The Morgan fingerprint density at radius 3 is 2.27 bits per heavy atom. The first kappa shape index (κ1) is 8.49. The van der Waals surface area contributed by atoms with Gasteiger partial charge in [0.1, 0.15) is 11.3 Å². The molecule has 0 aromatic heterocycles. The monoisotopic (exact) mass is 159 g/mol. The first-order valence-electron chi connectivity index (χ1n) is 3.52. The van der Waals surface area contributed by atoms with Crippen LogP contribution in [0.5, 0.6) is 0 Å². The van der Waals surface area contributed by atoms with Crippen LogP contribution in [0.1, 0.15) is 20.8 Å². The molecular weight excluding hydrogens is 146 g/mol. The van der Waals surface area contributed by atoms with E-state index in [4.69, 9.17) is 9.84 Å². The quantitative estimate of drug-likeness (QED) is 0.573. The molecule has 64 valence electrons. The van der Waals surface area contributed by atoms with Crippen LogP contribution in [0.15, 0.2) is 0 Å². The first-order chi connectivity index (χ1) is 4.86. The molecule has 1 saturated heterocycles. The lowest BCUT2D eigenvalue weighted by Crippen LogP contribution is -2.52. The summed E-state index contributed by atoms with van der Waals surface area (Å²) in [6.45, 7) is 5.45. The van der Waals surface area contributed by atoms with Crippen molar-refractivity contribution < 1.29 is 14.6 Å². The molecule has 0 spiro atoms. The van der Waals surface area contributed by atoms with Gasteiger partial charge in [-0.15, -0.1) is 0 Å². The minimum Gasteiger partial charge on any atom is -0.480 e. The zero-order valence-corrected chi connectivity index (χ0v) is 6.97. The summed E-state index contributed by atoms with van der Waals surface area (Å²) in [6, 6.07) is 0. The average Bonchev–Trinajstić information content (AvgIpc) is 2.08. The number of carbonyl (C=O) groups is 1. The molecule has 11 heavy (non-hydrogen) atoms. The van der Waals surface area contributed by atoms with Crippen molar-refractivity contribution in [2.75, 3.05) is 6.61 Å². The molecule has 4 nitrogen and oxygen atoms in total. The maximum Gasteiger partial charge on any atom is 0.326 e. The maximum atomic E-state index is 10.7. The van der Waals surface area contributed by atoms with Crippen molar-refractivity contribution in [3.63, 3.8) is 0 Å². The summed E-state index contributed by atoms with van der Waals surface area (Å²) in [5, 5.41) is 11.6. The van der Waals surface area contributed by atoms with E-state index < -0.39 is 17.2 Å². The van der Waals surface area contributed by atoms with Crippen LogP contribution in [0, 0.1) is 0 Å². The zero-order chi connectivity index (χ0) is 8.70. The van der Waals surface area contributed by atoms with E-state index >= 15 is 0 Å². The highest BCUT2D eigenvalue weighted by Gasteiger charge is 2.45. The van der Waals surface area contributed by atoms with Crippen LogP contribution < -0.4 is 5.32 Å². The Labute approximate surface area is 65.5 Å². The highest BCUT2D eigenvalue weighted by atomic mass is 16.5. The molecule has 1 unspecified atom stereocenters. The second-order valence-electron chi connectivity index (χ2n) is 3.56. The van der Waals surface area contributed by atoms with Crippen molar-refractivity contribution in [1.82, 2.24) is 5.32 Å². The number of nitrogens with one attached hydrogen (secondary N) is 1. The van der Waals surface area contributed by atoms with Crippen molar-refractivity contribution in [3.05, 3.63) is 0 Å². The third kappa shape index (κ3) is 1.52. The van der Waals surface area contributed by atoms with E-state index in [-0.39, 0.29) is 6.61 Å². The Kier molecular flexibility index (Phi) is 1.69. The van der Waals surface area contributed by atoms with Gasteiger partial charge in [0.05, 0.1) is 6.61 Å². The van der Waals surface area contributed by atoms with Gasteiger partial charge < -0.3 is 9.84 Å². The van der Waals surface area contributed by atoms with Gasteiger partial charge in [0.15, 0.2) is 0 Å². The van der Waals surface area contributed by atoms with E-state index in [2.05, 4.69) is 5.32 Å². The van der Waals surface area contributed by atoms with Gasteiger partial charge in [-0.1, -0.05) is 0 Å². The summed E-state index contributed by atoms with van der Waals surface area (Å²) < 4.78 is 5.23. The van der Waals surface area contributed by atoms with Crippen LogP contribution in [0.25, 0.3) is 0 Å². The van der Waals surface area contributed by atoms with Gasteiger partial charge in [0, 0.05) is 0 Å². The van der Waals surface area contributed by atoms with Crippen molar-refractivity contribution in [3.8, 4) is 0 Å². The lowest BCUT2D eigenvalue weighted by molar-refractivity contribution is -0.143. The largest absolute Gasteiger partial charge is 0.480 e. The molecule has 1 aliphatic rings. The second-order valence-corrected chi connectivity index (χ2v) is 3.56. The fourth-order valence-electron chi connectivity index (χ4n) is 1.18. The van der Waals surface area contributed by atoms with E-state index in [0.717, 1.165) is 0 Å². The molecule has 0 aromatic carbocycles. The number of carboxylic acids is 1. The Morgan fingerprint density at radius 2 is 2.09 bits per heavy atom. The normalized spacial score (nSPS) is 35.5. The molecule has 1 atom stereocenters. The van der Waals surface area contributed by atoms with Gasteiger partial charge >= 0.3 is 5.97 Å². The number of ether oxygens (including phenoxy) is 1. The fraction of sp³-hybridized carbons (Fsp3) is 0.857. The summed E-state index contributed by atoms with van der Waals surface area (Å²) >= 11 is 0. The first-order valence-corrected chi connectivity index (χ1v) is 3.52. The highest BCUT2D eigenvalue weighted by Crippen LogP contribution is 2.22. The number of hydrogen-bond acceptors (Lipinski definition) is 3. The molecule has 0 saturated carbocycles. The number of rotatable bonds is 1. The Bertz CT molecular complexity index is 190. The maximum absolute atomic E-state index is 10.7. The molecule has 1 rings (SSSR count). The topological polar surface area (TPSA) is 58.6 Å². The van der Waals surface area contributed by atoms with Gasteiger partial charge in [-0.25, -0.2) is 0 Å². The predicted molar refractivity (Wildman–Crippen MR) is 39.2 cm³/mol. The van der Waals surface area contributed by atoms with Crippen molar-refractivity contribution in [2.24, 2.45) is 0 Å². The van der Waals surface area contributed by atoms with Crippen LogP contribution in [0.4, 0.5) is 0 Å². The van der Waals surface area contributed by atoms with Crippen molar-refractivity contribution in [2.45, 2.75) is 32.0 Å². The molecule has 1 aliphatic heterocycles.